The number of sulfonamides is 1. The second kappa shape index (κ2) is 7.64. The van der Waals surface area contributed by atoms with Gasteiger partial charge in [0, 0.05) is 26.2 Å². The summed E-state index contributed by atoms with van der Waals surface area (Å²) in [5.41, 5.74) is 1.71. The Bertz CT molecular complexity index is 1110. The highest BCUT2D eigenvalue weighted by Crippen LogP contribution is 2.20. The van der Waals surface area contributed by atoms with Crippen molar-refractivity contribution in [3.63, 3.8) is 0 Å². The molecule has 148 valence electrons. The Labute approximate surface area is 160 Å². The summed E-state index contributed by atoms with van der Waals surface area (Å²) in [6.07, 6.45) is -2.72. The maximum Gasteiger partial charge on any atom is 0.295 e. The van der Waals surface area contributed by atoms with Crippen LogP contribution in [-0.4, -0.2) is 42.7 Å². The predicted molar refractivity (Wildman–Crippen MR) is 99.5 cm³/mol. The number of carbonyl (C=O) groups excluding carboxylic acids is 1. The summed E-state index contributed by atoms with van der Waals surface area (Å²) in [7, 11) is -0.612. The number of aromatic nitrogens is 2. The number of amides is 1. The van der Waals surface area contributed by atoms with Gasteiger partial charge in [-0.25, -0.2) is 26.5 Å². The van der Waals surface area contributed by atoms with E-state index in [1.165, 1.54) is 44.4 Å². The minimum atomic E-state index is -3.51. The van der Waals surface area contributed by atoms with E-state index >= 15 is 0 Å². The number of rotatable bonds is 6. The molecule has 0 atom stereocenters. The van der Waals surface area contributed by atoms with E-state index in [9.17, 15) is 22.0 Å². The normalized spacial score (nSPS) is 12.1. The molecule has 0 bridgehead atoms. The second-order valence-corrected chi connectivity index (χ2v) is 8.42. The van der Waals surface area contributed by atoms with Crippen LogP contribution in [0, 0.1) is 0 Å². The molecule has 0 aliphatic rings. The van der Waals surface area contributed by atoms with Gasteiger partial charge in [-0.05, 0) is 35.9 Å². The van der Waals surface area contributed by atoms with Crippen LogP contribution in [0.5, 0.6) is 0 Å². The molecule has 0 saturated carbocycles. The average Bonchev–Trinajstić information content (AvgIpc) is 3.10. The molecule has 0 aliphatic heterocycles. The lowest BCUT2D eigenvalue weighted by Gasteiger charge is -2.12. The van der Waals surface area contributed by atoms with Crippen LogP contribution in [0.2, 0.25) is 0 Å². The van der Waals surface area contributed by atoms with Gasteiger partial charge in [0.1, 0.15) is 0 Å². The van der Waals surface area contributed by atoms with Gasteiger partial charge in [-0.3, -0.25) is 4.79 Å². The molecule has 0 radical (unpaired) electrons. The number of imidazole rings is 1. The van der Waals surface area contributed by atoms with Gasteiger partial charge in [0.05, 0.1) is 15.9 Å². The molecule has 0 fully saturated rings. The SMILES string of the molecule is CN(C)S(=O)(=O)c1ccc(CNC(=O)c2ccc3nc(C(F)F)[nH]c3c2)cc1. The number of aromatic amines is 1. The maximum atomic E-state index is 12.7. The van der Waals surface area contributed by atoms with E-state index in [0.29, 0.717) is 22.2 Å². The summed E-state index contributed by atoms with van der Waals surface area (Å²) < 4.78 is 50.6. The Kier molecular flexibility index (Phi) is 5.43. The van der Waals surface area contributed by atoms with Crippen molar-refractivity contribution in [3.05, 3.63) is 59.4 Å². The quantitative estimate of drug-likeness (QED) is 0.656. The van der Waals surface area contributed by atoms with Crippen molar-refractivity contribution in [2.75, 3.05) is 14.1 Å². The molecule has 1 aromatic heterocycles. The Morgan fingerprint density at radius 1 is 1.18 bits per heavy atom. The second-order valence-electron chi connectivity index (χ2n) is 6.27. The molecule has 1 heterocycles. The van der Waals surface area contributed by atoms with E-state index in [1.807, 2.05) is 0 Å². The van der Waals surface area contributed by atoms with Crippen LogP contribution in [0.15, 0.2) is 47.4 Å². The van der Waals surface area contributed by atoms with E-state index in [1.54, 1.807) is 12.1 Å². The minimum absolute atomic E-state index is 0.159. The molecule has 2 N–H and O–H groups in total. The molecule has 0 aliphatic carbocycles. The largest absolute Gasteiger partial charge is 0.348 e. The van der Waals surface area contributed by atoms with E-state index in [-0.39, 0.29) is 17.3 Å². The summed E-state index contributed by atoms with van der Waals surface area (Å²) >= 11 is 0. The molecule has 7 nitrogen and oxygen atoms in total. The molecule has 28 heavy (non-hydrogen) atoms. The van der Waals surface area contributed by atoms with Gasteiger partial charge in [0.15, 0.2) is 5.82 Å². The number of H-pyrrole nitrogens is 1. The third kappa shape index (κ3) is 4.02. The van der Waals surface area contributed by atoms with Crippen LogP contribution in [0.1, 0.15) is 28.2 Å². The lowest BCUT2D eigenvalue weighted by molar-refractivity contribution is 0.0951. The smallest absolute Gasteiger partial charge is 0.295 e. The fourth-order valence-electron chi connectivity index (χ4n) is 2.55. The van der Waals surface area contributed by atoms with Gasteiger partial charge in [-0.1, -0.05) is 12.1 Å². The van der Waals surface area contributed by atoms with Crippen molar-refractivity contribution >= 4 is 27.0 Å². The zero-order valence-electron chi connectivity index (χ0n) is 15.1. The number of alkyl halides is 2. The first kappa shape index (κ1) is 19.9. The Morgan fingerprint density at radius 3 is 2.46 bits per heavy atom. The number of nitrogens with one attached hydrogen (secondary N) is 2. The number of nitrogens with zero attached hydrogens (tertiary/aromatic N) is 2. The molecule has 0 spiro atoms. The van der Waals surface area contributed by atoms with E-state index in [0.717, 1.165) is 4.31 Å². The number of halogens is 2. The third-order valence-electron chi connectivity index (χ3n) is 4.12. The first-order valence-electron chi connectivity index (χ1n) is 8.26. The van der Waals surface area contributed by atoms with Crippen molar-refractivity contribution in [1.82, 2.24) is 19.6 Å². The zero-order chi connectivity index (χ0) is 20.5. The van der Waals surface area contributed by atoms with Gasteiger partial charge < -0.3 is 10.3 Å². The number of carbonyl (C=O) groups is 1. The molecular weight excluding hydrogens is 390 g/mol. The lowest BCUT2D eigenvalue weighted by atomic mass is 10.1. The van der Waals surface area contributed by atoms with E-state index < -0.39 is 22.3 Å². The summed E-state index contributed by atoms with van der Waals surface area (Å²) in [5.74, 6) is -0.833. The minimum Gasteiger partial charge on any atom is -0.348 e. The highest BCUT2D eigenvalue weighted by Gasteiger charge is 2.17. The number of fused-ring (bicyclic) bond motifs is 1. The molecular formula is C18H18F2N4O3S. The maximum absolute atomic E-state index is 12.7. The van der Waals surface area contributed by atoms with Crippen LogP contribution in [0.3, 0.4) is 0 Å². The molecule has 3 aromatic rings. The van der Waals surface area contributed by atoms with Crippen molar-refractivity contribution in [3.8, 4) is 0 Å². The fraction of sp³-hybridized carbons (Fsp3) is 0.222. The Morgan fingerprint density at radius 2 is 1.86 bits per heavy atom. The predicted octanol–water partition coefficient (Wildman–Crippen LogP) is 2.68. The van der Waals surface area contributed by atoms with Gasteiger partial charge in [0.2, 0.25) is 10.0 Å². The van der Waals surface area contributed by atoms with Crippen molar-refractivity contribution < 1.29 is 22.0 Å². The van der Waals surface area contributed by atoms with E-state index in [2.05, 4.69) is 15.3 Å². The third-order valence-corrected chi connectivity index (χ3v) is 5.95. The van der Waals surface area contributed by atoms with Gasteiger partial charge >= 0.3 is 0 Å². The zero-order valence-corrected chi connectivity index (χ0v) is 15.9. The Balaban J connectivity index is 1.69. The first-order valence-corrected chi connectivity index (χ1v) is 9.70. The molecule has 3 rings (SSSR count). The van der Waals surface area contributed by atoms with Gasteiger partial charge in [-0.15, -0.1) is 0 Å². The summed E-state index contributed by atoms with van der Waals surface area (Å²) in [6.45, 7) is 0.185. The van der Waals surface area contributed by atoms with Crippen LogP contribution >= 0.6 is 0 Å². The lowest BCUT2D eigenvalue weighted by Crippen LogP contribution is -2.23. The van der Waals surface area contributed by atoms with Crippen LogP contribution in [0.4, 0.5) is 8.78 Å². The first-order chi connectivity index (χ1) is 13.2. The molecule has 10 heteroatoms. The van der Waals surface area contributed by atoms with Crippen LogP contribution in [0.25, 0.3) is 11.0 Å². The van der Waals surface area contributed by atoms with Crippen molar-refractivity contribution in [1.29, 1.82) is 0 Å². The van der Waals surface area contributed by atoms with Crippen molar-refractivity contribution in [2.24, 2.45) is 0 Å². The monoisotopic (exact) mass is 408 g/mol. The van der Waals surface area contributed by atoms with Crippen LogP contribution in [-0.2, 0) is 16.6 Å². The molecule has 0 unspecified atom stereocenters. The van der Waals surface area contributed by atoms with Gasteiger partial charge in [-0.2, -0.15) is 0 Å². The molecule has 2 aromatic carbocycles. The number of hydrogen-bond acceptors (Lipinski definition) is 4. The molecule has 1 amide bonds. The van der Waals surface area contributed by atoms with Gasteiger partial charge in [0.25, 0.3) is 12.3 Å². The number of benzene rings is 2. The van der Waals surface area contributed by atoms with Crippen LogP contribution < -0.4 is 5.32 Å². The topological polar surface area (TPSA) is 95.2 Å². The summed E-state index contributed by atoms with van der Waals surface area (Å²) in [6, 6.07) is 10.6. The van der Waals surface area contributed by atoms with Crippen molar-refractivity contribution in [2.45, 2.75) is 17.9 Å². The Hall–Kier alpha value is -2.85. The highest BCUT2D eigenvalue weighted by atomic mass is 32.2. The number of hydrogen-bond donors (Lipinski definition) is 2. The average molecular weight is 408 g/mol. The summed E-state index contributed by atoms with van der Waals surface area (Å²) in [4.78, 5) is 18.7. The molecule has 0 saturated heterocycles. The van der Waals surface area contributed by atoms with E-state index in [4.69, 9.17) is 0 Å². The fourth-order valence-corrected chi connectivity index (χ4v) is 3.45. The highest BCUT2D eigenvalue weighted by molar-refractivity contribution is 7.89. The standard InChI is InChI=1S/C18H18F2N4O3S/c1-24(2)28(26,27)13-6-3-11(4-7-13)10-21-18(25)12-5-8-14-15(9-12)23-17(22-14)16(19)20/h3-9,16H,10H2,1-2H3,(H,21,25)(H,22,23). The summed E-state index contributed by atoms with van der Waals surface area (Å²) in [5, 5.41) is 2.71.